The van der Waals surface area contributed by atoms with Crippen LogP contribution >= 0.6 is 15.9 Å². The molecule has 0 aliphatic carbocycles. The summed E-state index contributed by atoms with van der Waals surface area (Å²) in [6.45, 7) is 1.84. The third-order valence-corrected chi connectivity index (χ3v) is 2.91. The fourth-order valence-electron chi connectivity index (χ4n) is 1.55. The second kappa shape index (κ2) is 7.14. The molecular formula is C12H11BrF2N2O2. The van der Waals surface area contributed by atoms with E-state index in [1.807, 2.05) is 0 Å². The molecule has 4 nitrogen and oxygen atoms in total. The molecule has 0 aliphatic rings. The van der Waals surface area contributed by atoms with Gasteiger partial charge in [0.1, 0.15) is 11.8 Å². The first-order valence-corrected chi connectivity index (χ1v) is 6.58. The molecule has 1 aromatic heterocycles. The van der Waals surface area contributed by atoms with Crippen molar-refractivity contribution < 1.29 is 18.3 Å². The summed E-state index contributed by atoms with van der Waals surface area (Å²) in [5, 5.41) is 8.91. The van der Waals surface area contributed by atoms with Crippen LogP contribution in [0.3, 0.4) is 0 Å². The summed E-state index contributed by atoms with van der Waals surface area (Å²) in [7, 11) is 0. The van der Waals surface area contributed by atoms with E-state index < -0.39 is 12.4 Å². The summed E-state index contributed by atoms with van der Waals surface area (Å²) in [6, 6.07) is 2.74. The van der Waals surface area contributed by atoms with E-state index in [0.717, 1.165) is 6.07 Å². The van der Waals surface area contributed by atoms with Crippen molar-refractivity contribution in [2.75, 3.05) is 6.61 Å². The molecule has 0 amide bonds. The van der Waals surface area contributed by atoms with Crippen molar-refractivity contribution >= 4 is 21.9 Å². The lowest BCUT2D eigenvalue weighted by molar-refractivity contribution is -0.142. The van der Waals surface area contributed by atoms with Crippen LogP contribution in [0.25, 0.3) is 0 Å². The molecule has 0 saturated heterocycles. The number of rotatable bonds is 5. The van der Waals surface area contributed by atoms with E-state index in [4.69, 9.17) is 10.00 Å². The number of nitrogens with zero attached hydrogens (tertiary/aromatic N) is 2. The van der Waals surface area contributed by atoms with Gasteiger partial charge in [-0.1, -0.05) is 15.9 Å². The first-order chi connectivity index (χ1) is 9.03. The molecule has 0 bridgehead atoms. The van der Waals surface area contributed by atoms with Gasteiger partial charge in [0.25, 0.3) is 6.43 Å². The molecule has 1 rings (SSSR count). The molecule has 1 heterocycles. The summed E-state index contributed by atoms with van der Waals surface area (Å²) in [4.78, 5) is 15.3. The minimum absolute atomic E-state index is 0.125. The topological polar surface area (TPSA) is 63.0 Å². The van der Waals surface area contributed by atoms with Gasteiger partial charge >= 0.3 is 5.97 Å². The van der Waals surface area contributed by atoms with E-state index >= 15 is 0 Å². The Balaban J connectivity index is 3.24. The maximum atomic E-state index is 12.9. The van der Waals surface area contributed by atoms with Gasteiger partial charge in [0, 0.05) is 10.9 Å². The molecular weight excluding hydrogens is 322 g/mol. The van der Waals surface area contributed by atoms with Crippen LogP contribution < -0.4 is 0 Å². The molecule has 0 atom stereocenters. The molecule has 0 spiro atoms. The lowest BCUT2D eigenvalue weighted by atomic mass is 10.0. The highest BCUT2D eigenvalue weighted by atomic mass is 79.9. The van der Waals surface area contributed by atoms with Crippen LogP contribution in [-0.4, -0.2) is 17.6 Å². The third kappa shape index (κ3) is 3.96. The zero-order valence-electron chi connectivity index (χ0n) is 10.1. The highest BCUT2D eigenvalue weighted by molar-refractivity contribution is 9.08. The smallest absolute Gasteiger partial charge is 0.311 e. The van der Waals surface area contributed by atoms with Gasteiger partial charge in [-0.15, -0.1) is 0 Å². The van der Waals surface area contributed by atoms with Crippen molar-refractivity contribution in [3.63, 3.8) is 0 Å². The van der Waals surface area contributed by atoms with Crippen LogP contribution in [0.4, 0.5) is 8.78 Å². The van der Waals surface area contributed by atoms with Crippen molar-refractivity contribution in [2.24, 2.45) is 0 Å². The predicted molar refractivity (Wildman–Crippen MR) is 66.9 cm³/mol. The number of pyridine rings is 1. The number of carbonyl (C=O) groups is 1. The fraction of sp³-hybridized carbons (Fsp3) is 0.417. The highest BCUT2D eigenvalue weighted by Gasteiger charge is 2.20. The number of esters is 1. The standard InChI is InChI=1S/C12H11BrF2N2O2/c1-2-19-11(18)4-10-9(5-13)8(12(14)15)3-7(6-16)17-10/h3,12H,2,4-5H2,1H3. The summed E-state index contributed by atoms with van der Waals surface area (Å²) in [5.41, 5.74) is -0.0613. The Hall–Kier alpha value is -1.55. The maximum Gasteiger partial charge on any atom is 0.311 e. The Morgan fingerprint density at radius 2 is 2.32 bits per heavy atom. The molecule has 0 aromatic carbocycles. The molecule has 102 valence electrons. The molecule has 1 aromatic rings. The Kier molecular flexibility index (Phi) is 5.83. The number of alkyl halides is 3. The Morgan fingerprint density at radius 1 is 1.63 bits per heavy atom. The normalized spacial score (nSPS) is 10.3. The van der Waals surface area contributed by atoms with Gasteiger partial charge in [0.2, 0.25) is 0 Å². The van der Waals surface area contributed by atoms with Crippen LogP contribution in [0.1, 0.15) is 35.9 Å². The first kappa shape index (κ1) is 15.5. The number of nitriles is 1. The van der Waals surface area contributed by atoms with E-state index in [-0.39, 0.29) is 40.9 Å². The highest BCUT2D eigenvalue weighted by Crippen LogP contribution is 2.27. The minimum Gasteiger partial charge on any atom is -0.466 e. The molecule has 0 saturated carbocycles. The second-order valence-electron chi connectivity index (χ2n) is 3.55. The van der Waals surface area contributed by atoms with Crippen LogP contribution in [0.15, 0.2) is 6.07 Å². The second-order valence-corrected chi connectivity index (χ2v) is 4.11. The van der Waals surface area contributed by atoms with E-state index in [1.165, 1.54) is 0 Å². The lowest BCUT2D eigenvalue weighted by Crippen LogP contribution is -2.13. The van der Waals surface area contributed by atoms with E-state index in [1.54, 1.807) is 13.0 Å². The van der Waals surface area contributed by atoms with Gasteiger partial charge in [-0.05, 0) is 18.6 Å². The summed E-state index contributed by atoms with van der Waals surface area (Å²) in [6.07, 6.45) is -2.96. The molecule has 7 heteroatoms. The number of carbonyl (C=O) groups excluding carboxylic acids is 1. The monoisotopic (exact) mass is 332 g/mol. The minimum atomic E-state index is -2.73. The van der Waals surface area contributed by atoms with Crippen molar-refractivity contribution in [3.05, 3.63) is 28.6 Å². The van der Waals surface area contributed by atoms with E-state index in [0.29, 0.717) is 0 Å². The number of aromatic nitrogens is 1. The molecule has 0 aliphatic heterocycles. The average molecular weight is 333 g/mol. The Morgan fingerprint density at radius 3 is 2.79 bits per heavy atom. The molecule has 0 unspecified atom stereocenters. The predicted octanol–water partition coefficient (Wildman–Crippen LogP) is 2.89. The third-order valence-electron chi connectivity index (χ3n) is 2.34. The van der Waals surface area contributed by atoms with Gasteiger partial charge in [-0.3, -0.25) is 4.79 Å². The van der Waals surface area contributed by atoms with Crippen LogP contribution in [0, 0.1) is 11.3 Å². The van der Waals surface area contributed by atoms with Crippen LogP contribution in [-0.2, 0) is 21.3 Å². The summed E-state index contributed by atoms with van der Waals surface area (Å²) in [5.74, 6) is -0.562. The van der Waals surface area contributed by atoms with Crippen LogP contribution in [0.2, 0.25) is 0 Å². The number of hydrogen-bond acceptors (Lipinski definition) is 4. The number of ether oxygens (including phenoxy) is 1. The molecule has 0 fully saturated rings. The van der Waals surface area contributed by atoms with Crippen LogP contribution in [0.5, 0.6) is 0 Å². The van der Waals surface area contributed by atoms with Crippen molar-refractivity contribution in [1.82, 2.24) is 4.98 Å². The van der Waals surface area contributed by atoms with Gasteiger partial charge in [-0.25, -0.2) is 13.8 Å². The SMILES string of the molecule is CCOC(=O)Cc1nc(C#N)cc(C(F)F)c1CBr. The lowest BCUT2D eigenvalue weighted by Gasteiger charge is -2.12. The zero-order valence-corrected chi connectivity index (χ0v) is 11.7. The van der Waals surface area contributed by atoms with E-state index in [9.17, 15) is 13.6 Å². The zero-order chi connectivity index (χ0) is 14.4. The van der Waals surface area contributed by atoms with Gasteiger partial charge in [-0.2, -0.15) is 5.26 Å². The maximum absolute atomic E-state index is 12.9. The van der Waals surface area contributed by atoms with Crippen molar-refractivity contribution in [3.8, 4) is 6.07 Å². The summed E-state index contributed by atoms with van der Waals surface area (Å²) >= 11 is 3.09. The summed E-state index contributed by atoms with van der Waals surface area (Å²) < 4.78 is 30.6. The fourth-order valence-corrected chi connectivity index (χ4v) is 2.19. The van der Waals surface area contributed by atoms with Crippen molar-refractivity contribution in [2.45, 2.75) is 25.1 Å². The Bertz CT molecular complexity index is 515. The molecule has 19 heavy (non-hydrogen) atoms. The Labute approximate surface area is 117 Å². The van der Waals surface area contributed by atoms with Crippen molar-refractivity contribution in [1.29, 1.82) is 5.26 Å². The van der Waals surface area contributed by atoms with Gasteiger partial charge < -0.3 is 4.74 Å². The quantitative estimate of drug-likeness (QED) is 0.614. The molecule has 0 N–H and O–H groups in total. The van der Waals surface area contributed by atoms with Gasteiger partial charge in [0.05, 0.1) is 18.7 Å². The first-order valence-electron chi connectivity index (χ1n) is 5.46. The largest absolute Gasteiger partial charge is 0.466 e. The number of halogens is 3. The average Bonchev–Trinajstić information content (AvgIpc) is 2.37. The van der Waals surface area contributed by atoms with E-state index in [2.05, 4.69) is 20.9 Å². The molecule has 0 radical (unpaired) electrons. The number of hydrogen-bond donors (Lipinski definition) is 0. The van der Waals surface area contributed by atoms with Gasteiger partial charge in [0.15, 0.2) is 0 Å².